The van der Waals surface area contributed by atoms with Crippen molar-refractivity contribution in [2.75, 3.05) is 0 Å². The van der Waals surface area contributed by atoms with E-state index in [-0.39, 0.29) is 11.9 Å². The van der Waals surface area contributed by atoms with Gasteiger partial charge in [0.1, 0.15) is 11.9 Å². The van der Waals surface area contributed by atoms with Crippen LogP contribution in [-0.2, 0) is 0 Å². The smallest absolute Gasteiger partial charge is 0.123 e. The van der Waals surface area contributed by atoms with Crippen molar-refractivity contribution >= 4 is 0 Å². The standard InChI is InChI=1S/C14H17FN2/c1-10-8-11(15)6-7-13(10)14(9-16)17-12-4-2-3-5-12/h6-8,12,14,17H,2-5H2,1H3. The highest BCUT2D eigenvalue weighted by atomic mass is 19.1. The lowest BCUT2D eigenvalue weighted by Crippen LogP contribution is -2.30. The number of nitrogens with zero attached hydrogens (tertiary/aromatic N) is 1. The van der Waals surface area contributed by atoms with Crippen LogP contribution in [0.15, 0.2) is 18.2 Å². The summed E-state index contributed by atoms with van der Waals surface area (Å²) in [6.45, 7) is 1.85. The second kappa shape index (κ2) is 5.29. The zero-order valence-corrected chi connectivity index (χ0v) is 10.0. The van der Waals surface area contributed by atoms with Gasteiger partial charge in [-0.05, 0) is 43.0 Å². The van der Waals surface area contributed by atoms with Crippen molar-refractivity contribution in [3.63, 3.8) is 0 Å². The van der Waals surface area contributed by atoms with Gasteiger partial charge < -0.3 is 0 Å². The molecule has 17 heavy (non-hydrogen) atoms. The van der Waals surface area contributed by atoms with E-state index in [0.29, 0.717) is 6.04 Å². The molecule has 0 saturated heterocycles. The lowest BCUT2D eigenvalue weighted by Gasteiger charge is -2.19. The second-order valence-corrected chi connectivity index (χ2v) is 4.71. The molecule has 1 fully saturated rings. The van der Waals surface area contributed by atoms with Gasteiger partial charge in [-0.2, -0.15) is 5.26 Å². The van der Waals surface area contributed by atoms with Gasteiger partial charge >= 0.3 is 0 Å². The molecule has 0 aliphatic heterocycles. The minimum absolute atomic E-state index is 0.246. The number of nitrogens with one attached hydrogen (secondary N) is 1. The van der Waals surface area contributed by atoms with Crippen LogP contribution in [0.25, 0.3) is 0 Å². The van der Waals surface area contributed by atoms with Crippen LogP contribution in [0.5, 0.6) is 0 Å². The SMILES string of the molecule is Cc1cc(F)ccc1C(C#N)NC1CCCC1. The first-order valence-electron chi connectivity index (χ1n) is 6.12. The molecule has 1 aromatic carbocycles. The molecule has 0 radical (unpaired) electrons. The molecule has 1 aromatic rings. The number of hydrogen-bond donors (Lipinski definition) is 1. The van der Waals surface area contributed by atoms with Gasteiger partial charge in [0.2, 0.25) is 0 Å². The molecule has 0 aromatic heterocycles. The molecule has 1 atom stereocenters. The van der Waals surface area contributed by atoms with Crippen molar-refractivity contribution in [3.8, 4) is 6.07 Å². The molecular weight excluding hydrogens is 215 g/mol. The molecule has 0 spiro atoms. The summed E-state index contributed by atoms with van der Waals surface area (Å²) < 4.78 is 13.0. The van der Waals surface area contributed by atoms with E-state index in [0.717, 1.165) is 24.0 Å². The van der Waals surface area contributed by atoms with Gasteiger partial charge in [0, 0.05) is 6.04 Å². The van der Waals surface area contributed by atoms with E-state index in [1.807, 2.05) is 6.92 Å². The monoisotopic (exact) mass is 232 g/mol. The highest BCUT2D eigenvalue weighted by Gasteiger charge is 2.21. The molecule has 3 heteroatoms. The Bertz CT molecular complexity index is 430. The van der Waals surface area contributed by atoms with Crippen LogP contribution in [0, 0.1) is 24.1 Å². The summed E-state index contributed by atoms with van der Waals surface area (Å²) >= 11 is 0. The maximum absolute atomic E-state index is 13.0. The van der Waals surface area contributed by atoms with Crippen molar-refractivity contribution in [1.29, 1.82) is 5.26 Å². The van der Waals surface area contributed by atoms with Gasteiger partial charge in [0.25, 0.3) is 0 Å². The summed E-state index contributed by atoms with van der Waals surface area (Å²) in [7, 11) is 0. The average molecular weight is 232 g/mol. The molecule has 1 N–H and O–H groups in total. The lowest BCUT2D eigenvalue weighted by molar-refractivity contribution is 0.490. The molecule has 0 heterocycles. The van der Waals surface area contributed by atoms with Gasteiger partial charge in [-0.1, -0.05) is 18.9 Å². The van der Waals surface area contributed by atoms with E-state index in [9.17, 15) is 9.65 Å². The minimum atomic E-state index is -0.321. The van der Waals surface area contributed by atoms with Crippen LogP contribution in [0.2, 0.25) is 0 Å². The number of nitriles is 1. The van der Waals surface area contributed by atoms with Crippen molar-refractivity contribution in [1.82, 2.24) is 5.32 Å². The van der Waals surface area contributed by atoms with Gasteiger partial charge in [0.15, 0.2) is 0 Å². The highest BCUT2D eigenvalue weighted by Crippen LogP contribution is 2.23. The van der Waals surface area contributed by atoms with E-state index < -0.39 is 0 Å². The van der Waals surface area contributed by atoms with Gasteiger partial charge in [-0.15, -0.1) is 0 Å². The molecular formula is C14H17FN2. The summed E-state index contributed by atoms with van der Waals surface area (Å²) in [6, 6.07) is 7.00. The fraction of sp³-hybridized carbons (Fsp3) is 0.500. The lowest BCUT2D eigenvalue weighted by atomic mass is 10.0. The molecule has 2 nitrogen and oxygen atoms in total. The predicted octanol–water partition coefficient (Wildman–Crippen LogP) is 3.23. The van der Waals surface area contributed by atoms with Gasteiger partial charge in [0.05, 0.1) is 6.07 Å². The third-order valence-corrected chi connectivity index (χ3v) is 3.43. The summed E-state index contributed by atoms with van der Waals surface area (Å²) in [6.07, 6.45) is 4.74. The largest absolute Gasteiger partial charge is 0.295 e. The number of hydrogen-bond acceptors (Lipinski definition) is 2. The Kier molecular flexibility index (Phi) is 3.75. The van der Waals surface area contributed by atoms with E-state index in [4.69, 9.17) is 0 Å². The second-order valence-electron chi connectivity index (χ2n) is 4.71. The summed E-state index contributed by atoms with van der Waals surface area (Å²) in [5, 5.41) is 12.6. The fourth-order valence-electron chi connectivity index (χ4n) is 2.49. The molecule has 1 saturated carbocycles. The first-order valence-corrected chi connectivity index (χ1v) is 6.12. The predicted molar refractivity (Wildman–Crippen MR) is 64.9 cm³/mol. The van der Waals surface area contributed by atoms with Crippen molar-refractivity contribution < 1.29 is 4.39 Å². The topological polar surface area (TPSA) is 35.8 Å². The van der Waals surface area contributed by atoms with Crippen LogP contribution in [0.4, 0.5) is 4.39 Å². The fourth-order valence-corrected chi connectivity index (χ4v) is 2.49. The zero-order valence-electron chi connectivity index (χ0n) is 10.0. The van der Waals surface area contributed by atoms with E-state index >= 15 is 0 Å². The normalized spacial score (nSPS) is 17.9. The molecule has 90 valence electrons. The Balaban J connectivity index is 2.14. The summed E-state index contributed by atoms with van der Waals surface area (Å²) in [5.41, 5.74) is 1.72. The number of halogens is 1. The number of aryl methyl sites for hydroxylation is 1. The zero-order chi connectivity index (χ0) is 12.3. The third-order valence-electron chi connectivity index (χ3n) is 3.43. The van der Waals surface area contributed by atoms with E-state index in [1.54, 1.807) is 6.07 Å². The Morgan fingerprint density at radius 3 is 2.71 bits per heavy atom. The van der Waals surface area contributed by atoms with Crippen LogP contribution in [-0.4, -0.2) is 6.04 Å². The molecule has 0 bridgehead atoms. The Morgan fingerprint density at radius 2 is 2.12 bits per heavy atom. The molecule has 2 rings (SSSR count). The van der Waals surface area contributed by atoms with Crippen LogP contribution in [0.1, 0.15) is 42.9 Å². The molecule has 1 aliphatic rings. The molecule has 0 amide bonds. The first-order chi connectivity index (χ1) is 8.20. The molecule has 1 aliphatic carbocycles. The molecule has 1 unspecified atom stereocenters. The quantitative estimate of drug-likeness (QED) is 0.868. The van der Waals surface area contributed by atoms with Crippen molar-refractivity contribution in [3.05, 3.63) is 35.1 Å². The minimum Gasteiger partial charge on any atom is -0.295 e. The third kappa shape index (κ3) is 2.83. The van der Waals surface area contributed by atoms with Crippen LogP contribution in [0.3, 0.4) is 0 Å². The van der Waals surface area contributed by atoms with E-state index in [2.05, 4.69) is 11.4 Å². The Labute approximate surface area is 101 Å². The average Bonchev–Trinajstić information content (AvgIpc) is 2.79. The first kappa shape index (κ1) is 12.1. The van der Waals surface area contributed by atoms with Gasteiger partial charge in [-0.25, -0.2) is 4.39 Å². The van der Waals surface area contributed by atoms with Crippen LogP contribution < -0.4 is 5.32 Å². The highest BCUT2D eigenvalue weighted by molar-refractivity contribution is 5.32. The van der Waals surface area contributed by atoms with E-state index in [1.165, 1.54) is 25.0 Å². The van der Waals surface area contributed by atoms with Crippen molar-refractivity contribution in [2.45, 2.75) is 44.7 Å². The number of rotatable bonds is 3. The van der Waals surface area contributed by atoms with Crippen LogP contribution >= 0.6 is 0 Å². The Hall–Kier alpha value is -1.40. The summed E-state index contributed by atoms with van der Waals surface area (Å²) in [5.74, 6) is -0.246. The maximum Gasteiger partial charge on any atom is 0.123 e. The maximum atomic E-state index is 13.0. The summed E-state index contributed by atoms with van der Waals surface area (Å²) in [4.78, 5) is 0. The van der Waals surface area contributed by atoms with Crippen molar-refractivity contribution in [2.24, 2.45) is 0 Å². The Morgan fingerprint density at radius 1 is 1.41 bits per heavy atom. The number of benzene rings is 1. The van der Waals surface area contributed by atoms with Gasteiger partial charge in [-0.3, -0.25) is 5.32 Å².